The van der Waals surface area contributed by atoms with Gasteiger partial charge in [-0.2, -0.15) is 0 Å². The molecule has 8 nitrogen and oxygen atoms in total. The van der Waals surface area contributed by atoms with E-state index in [9.17, 15) is 20.0 Å². The van der Waals surface area contributed by atoms with Crippen molar-refractivity contribution in [1.29, 1.82) is 0 Å². The van der Waals surface area contributed by atoms with Gasteiger partial charge in [0.05, 0.1) is 16.0 Å². The topological polar surface area (TPSA) is 110 Å². The number of rotatable bonds is 6. The number of nitro groups is 1. The maximum Gasteiger partial charge on any atom is 0.295 e. The number of hydrogen-bond donors (Lipinski definition) is 1. The number of benzene rings is 2. The fourth-order valence-electron chi connectivity index (χ4n) is 3.06. The minimum absolute atomic E-state index is 0.0538. The third kappa shape index (κ3) is 4.31. The Morgan fingerprint density at radius 2 is 2.00 bits per heavy atom. The number of aryl methyl sites for hydroxylation is 2. The molecule has 1 amide bonds. The normalized spacial score (nSPS) is 11.6. The molecule has 3 aromatic rings. The van der Waals surface area contributed by atoms with E-state index >= 15 is 0 Å². The highest BCUT2D eigenvalue weighted by atomic mass is 16.6. The zero-order valence-corrected chi connectivity index (χ0v) is 16.5. The van der Waals surface area contributed by atoms with Crippen molar-refractivity contribution in [2.24, 2.45) is 16.1 Å². The highest BCUT2D eigenvalue weighted by Crippen LogP contribution is 2.39. The van der Waals surface area contributed by atoms with Crippen LogP contribution in [-0.2, 0) is 6.54 Å². The molecule has 1 aromatic heterocycles. The van der Waals surface area contributed by atoms with Crippen LogP contribution in [0.5, 0.6) is 5.88 Å². The van der Waals surface area contributed by atoms with E-state index in [-0.39, 0.29) is 22.8 Å². The standard InChI is InChI=1S/C21H22N4O4/c1-13(2)9-10-24-18-8-7-14(3)11-17(18)19(21(24)27)22-23-20(26)15-5-4-6-16(12-15)25(28)29/h4-8,11-13,27H,9-10H2,1-3H3. The molecule has 150 valence electrons. The Morgan fingerprint density at radius 1 is 1.24 bits per heavy atom. The first-order chi connectivity index (χ1) is 13.8. The van der Waals surface area contributed by atoms with Crippen LogP contribution in [0, 0.1) is 23.0 Å². The minimum Gasteiger partial charge on any atom is -0.493 e. The summed E-state index contributed by atoms with van der Waals surface area (Å²) in [4.78, 5) is 22.7. The molecule has 29 heavy (non-hydrogen) atoms. The maximum atomic E-state index is 12.4. The molecule has 3 rings (SSSR count). The number of hydrogen-bond acceptors (Lipinski definition) is 5. The number of nitrogens with zero attached hydrogens (tertiary/aromatic N) is 4. The van der Waals surface area contributed by atoms with Gasteiger partial charge in [-0.1, -0.05) is 31.5 Å². The van der Waals surface area contributed by atoms with E-state index < -0.39 is 10.8 Å². The average Bonchev–Trinajstić information content (AvgIpc) is 2.94. The van der Waals surface area contributed by atoms with Crippen LogP contribution < -0.4 is 0 Å². The van der Waals surface area contributed by atoms with Crippen LogP contribution in [0.3, 0.4) is 0 Å². The van der Waals surface area contributed by atoms with Crippen molar-refractivity contribution in [3.63, 3.8) is 0 Å². The van der Waals surface area contributed by atoms with Crippen molar-refractivity contribution in [2.45, 2.75) is 33.7 Å². The summed E-state index contributed by atoms with van der Waals surface area (Å²) in [6, 6.07) is 11.0. The predicted octanol–water partition coefficient (Wildman–Crippen LogP) is 5.53. The second-order valence-electron chi connectivity index (χ2n) is 7.34. The summed E-state index contributed by atoms with van der Waals surface area (Å²) in [5, 5.41) is 30.0. The van der Waals surface area contributed by atoms with Crippen molar-refractivity contribution in [3.05, 3.63) is 63.7 Å². The predicted molar refractivity (Wildman–Crippen MR) is 110 cm³/mol. The lowest BCUT2D eigenvalue weighted by Crippen LogP contribution is -2.00. The minimum atomic E-state index is -0.719. The number of non-ortho nitro benzene ring substituents is 1. The van der Waals surface area contributed by atoms with Crippen LogP contribution in [0.25, 0.3) is 10.9 Å². The third-order valence-corrected chi connectivity index (χ3v) is 4.64. The lowest BCUT2D eigenvalue weighted by Gasteiger charge is -2.09. The van der Waals surface area contributed by atoms with E-state index in [2.05, 4.69) is 24.1 Å². The lowest BCUT2D eigenvalue weighted by atomic mass is 10.1. The van der Waals surface area contributed by atoms with Crippen molar-refractivity contribution < 1.29 is 14.8 Å². The molecule has 0 aliphatic rings. The number of carbonyl (C=O) groups is 1. The smallest absolute Gasteiger partial charge is 0.295 e. The van der Waals surface area contributed by atoms with Crippen LogP contribution in [-0.4, -0.2) is 20.5 Å². The molecule has 0 aliphatic heterocycles. The summed E-state index contributed by atoms with van der Waals surface area (Å²) in [5.41, 5.74) is 1.87. The Kier molecular flexibility index (Phi) is 5.72. The van der Waals surface area contributed by atoms with Crippen molar-refractivity contribution >= 4 is 28.2 Å². The maximum absolute atomic E-state index is 12.4. The quantitative estimate of drug-likeness (QED) is 0.336. The molecule has 1 heterocycles. The Balaban J connectivity index is 1.99. The van der Waals surface area contributed by atoms with Crippen LogP contribution in [0.4, 0.5) is 11.4 Å². The SMILES string of the molecule is Cc1ccc2c(c1)c(N=NC(=O)c1cccc([N+](=O)[O-])c1)c(O)n2CCC(C)C. The molecular weight excluding hydrogens is 372 g/mol. The van der Waals surface area contributed by atoms with E-state index in [4.69, 9.17) is 0 Å². The second-order valence-corrected chi connectivity index (χ2v) is 7.34. The van der Waals surface area contributed by atoms with E-state index in [1.54, 1.807) is 4.57 Å². The van der Waals surface area contributed by atoms with Crippen LogP contribution >= 0.6 is 0 Å². The molecule has 0 atom stereocenters. The summed E-state index contributed by atoms with van der Waals surface area (Å²) in [6.07, 6.45) is 0.869. The van der Waals surface area contributed by atoms with Gasteiger partial charge in [0.2, 0.25) is 5.88 Å². The fraction of sp³-hybridized carbons (Fsp3) is 0.286. The molecular formula is C21H22N4O4. The molecule has 0 saturated carbocycles. The van der Waals surface area contributed by atoms with Gasteiger partial charge in [-0.25, -0.2) is 0 Å². The van der Waals surface area contributed by atoms with Crippen molar-refractivity contribution in [2.75, 3.05) is 0 Å². The first-order valence-corrected chi connectivity index (χ1v) is 9.30. The van der Waals surface area contributed by atoms with E-state index in [0.29, 0.717) is 17.8 Å². The number of carbonyl (C=O) groups excluding carboxylic acids is 1. The number of aromatic nitrogens is 1. The second kappa shape index (κ2) is 8.22. The largest absolute Gasteiger partial charge is 0.493 e. The molecule has 0 radical (unpaired) electrons. The molecule has 0 unspecified atom stereocenters. The molecule has 1 N–H and O–H groups in total. The van der Waals surface area contributed by atoms with Gasteiger partial charge in [-0.05, 0) is 37.5 Å². The number of nitro benzene ring substituents is 1. The molecule has 0 aliphatic carbocycles. The monoisotopic (exact) mass is 394 g/mol. The molecule has 0 spiro atoms. The molecule has 2 aromatic carbocycles. The average molecular weight is 394 g/mol. The first-order valence-electron chi connectivity index (χ1n) is 9.30. The summed E-state index contributed by atoms with van der Waals surface area (Å²) in [7, 11) is 0. The Labute approximate surface area is 167 Å². The highest BCUT2D eigenvalue weighted by molar-refractivity contribution is 5.97. The van der Waals surface area contributed by atoms with Gasteiger partial charge in [0.15, 0.2) is 5.69 Å². The Hall–Kier alpha value is -3.55. The summed E-state index contributed by atoms with van der Waals surface area (Å²) < 4.78 is 1.76. The number of aromatic hydroxyl groups is 1. The Bertz CT molecular complexity index is 1120. The molecule has 0 fully saturated rings. The van der Waals surface area contributed by atoms with Gasteiger partial charge in [-0.15, -0.1) is 10.2 Å². The lowest BCUT2D eigenvalue weighted by molar-refractivity contribution is -0.384. The van der Waals surface area contributed by atoms with Crippen LogP contribution in [0.1, 0.15) is 36.2 Å². The van der Waals surface area contributed by atoms with E-state index in [0.717, 1.165) is 23.6 Å². The van der Waals surface area contributed by atoms with Gasteiger partial charge in [-0.3, -0.25) is 14.9 Å². The van der Waals surface area contributed by atoms with Crippen LogP contribution in [0.15, 0.2) is 52.7 Å². The van der Waals surface area contributed by atoms with Gasteiger partial charge in [0.1, 0.15) is 0 Å². The zero-order chi connectivity index (χ0) is 21.1. The van der Waals surface area contributed by atoms with Gasteiger partial charge >= 0.3 is 0 Å². The number of azo groups is 1. The van der Waals surface area contributed by atoms with Crippen LogP contribution in [0.2, 0.25) is 0 Å². The number of amides is 1. The molecule has 0 saturated heterocycles. The summed E-state index contributed by atoms with van der Waals surface area (Å²) in [6.45, 7) is 6.74. The van der Waals surface area contributed by atoms with E-state index in [1.165, 1.54) is 18.2 Å². The zero-order valence-electron chi connectivity index (χ0n) is 16.5. The third-order valence-electron chi connectivity index (χ3n) is 4.64. The Morgan fingerprint density at radius 3 is 2.69 bits per heavy atom. The van der Waals surface area contributed by atoms with Gasteiger partial charge in [0.25, 0.3) is 11.6 Å². The summed E-state index contributed by atoms with van der Waals surface area (Å²) in [5.74, 6) is -0.316. The summed E-state index contributed by atoms with van der Waals surface area (Å²) >= 11 is 0. The van der Waals surface area contributed by atoms with Gasteiger partial charge < -0.3 is 9.67 Å². The van der Waals surface area contributed by atoms with E-state index in [1.807, 2.05) is 25.1 Å². The fourth-order valence-corrected chi connectivity index (χ4v) is 3.06. The highest BCUT2D eigenvalue weighted by Gasteiger charge is 2.18. The van der Waals surface area contributed by atoms with Crippen molar-refractivity contribution in [1.82, 2.24) is 4.57 Å². The molecule has 0 bridgehead atoms. The van der Waals surface area contributed by atoms with Crippen molar-refractivity contribution in [3.8, 4) is 5.88 Å². The van der Waals surface area contributed by atoms with Gasteiger partial charge in [0, 0.05) is 24.1 Å². The molecule has 8 heteroatoms. The number of fused-ring (bicyclic) bond motifs is 1. The first kappa shape index (κ1) is 20.2.